The molecule has 1 heterocycles. The minimum Gasteiger partial charge on any atom is -0.481 e. The van der Waals surface area contributed by atoms with E-state index < -0.39 is 12.1 Å². The van der Waals surface area contributed by atoms with Crippen LogP contribution >= 0.6 is 11.8 Å². The van der Waals surface area contributed by atoms with Crippen LogP contribution in [0.4, 0.5) is 0 Å². The summed E-state index contributed by atoms with van der Waals surface area (Å²) in [5.74, 6) is -0.715. The Bertz CT molecular complexity index is 264. The number of carbonyl (C=O) groups is 1. The van der Waals surface area contributed by atoms with Gasteiger partial charge in [-0.15, -0.1) is 0 Å². The number of nitrogens with zero attached hydrogens (tertiary/aromatic N) is 2. The molecule has 0 saturated heterocycles. The van der Waals surface area contributed by atoms with Crippen LogP contribution in [0, 0.1) is 0 Å². The maximum absolute atomic E-state index is 10.2. The van der Waals surface area contributed by atoms with E-state index in [4.69, 9.17) is 10.2 Å². The maximum Gasteiger partial charge on any atom is 0.306 e. The van der Waals surface area contributed by atoms with Crippen LogP contribution in [-0.2, 0) is 4.79 Å². The number of thioether (sulfide) groups is 1. The number of carboxylic acid groups (broad SMARTS) is 1. The summed E-state index contributed by atoms with van der Waals surface area (Å²) >= 11 is 1.23. The zero-order chi connectivity index (χ0) is 9.68. The number of carboxylic acids is 1. The quantitative estimate of drug-likeness (QED) is 0.570. The Morgan fingerprint density at radius 1 is 1.77 bits per heavy atom. The average molecular weight is 203 g/mol. The van der Waals surface area contributed by atoms with Crippen molar-refractivity contribution in [3.8, 4) is 0 Å². The molecule has 1 aromatic heterocycles. The number of aliphatic hydroxyl groups excluding tert-OH is 1. The fourth-order valence-electron chi connectivity index (χ4n) is 0.699. The molecule has 0 spiro atoms. The molecule has 3 N–H and O–H groups in total. The summed E-state index contributed by atoms with van der Waals surface area (Å²) in [4.78, 5) is 14.0. The standard InChI is InChI=1S/C6H9N3O3S/c10-4(1-5(11)12)2-13-6-7-3-8-9-6/h3-4,10H,1-2H2,(H,11,12)(H,7,8,9). The lowest BCUT2D eigenvalue weighted by molar-refractivity contribution is -0.138. The summed E-state index contributed by atoms with van der Waals surface area (Å²) in [6.07, 6.45) is 0.250. The van der Waals surface area contributed by atoms with E-state index in [0.717, 1.165) is 0 Å². The first-order valence-electron chi connectivity index (χ1n) is 3.56. The lowest BCUT2D eigenvalue weighted by Gasteiger charge is -2.04. The van der Waals surface area contributed by atoms with Crippen LogP contribution in [0.2, 0.25) is 0 Å². The van der Waals surface area contributed by atoms with E-state index in [1.54, 1.807) is 0 Å². The number of nitrogens with one attached hydrogen (secondary N) is 1. The van der Waals surface area contributed by atoms with Gasteiger partial charge in [-0.2, -0.15) is 5.10 Å². The van der Waals surface area contributed by atoms with Crippen molar-refractivity contribution < 1.29 is 15.0 Å². The highest BCUT2D eigenvalue weighted by atomic mass is 32.2. The summed E-state index contributed by atoms with van der Waals surface area (Å²) in [5.41, 5.74) is 0. The van der Waals surface area contributed by atoms with Gasteiger partial charge >= 0.3 is 5.97 Å². The first-order valence-corrected chi connectivity index (χ1v) is 4.55. The molecule has 1 aromatic rings. The van der Waals surface area contributed by atoms with Crippen LogP contribution in [0.15, 0.2) is 11.5 Å². The molecule has 0 amide bonds. The van der Waals surface area contributed by atoms with Crippen LogP contribution in [0.1, 0.15) is 6.42 Å². The van der Waals surface area contributed by atoms with Crippen molar-refractivity contribution in [2.75, 3.05) is 5.75 Å². The highest BCUT2D eigenvalue weighted by molar-refractivity contribution is 7.99. The molecule has 6 nitrogen and oxygen atoms in total. The Hall–Kier alpha value is -1.08. The topological polar surface area (TPSA) is 99.1 Å². The number of hydrogen-bond acceptors (Lipinski definition) is 5. The third-order valence-corrected chi connectivity index (χ3v) is 2.24. The fourth-order valence-corrected chi connectivity index (χ4v) is 1.41. The van der Waals surface area contributed by atoms with Crippen LogP contribution in [-0.4, -0.2) is 43.2 Å². The van der Waals surface area contributed by atoms with Gasteiger partial charge in [0, 0.05) is 5.75 Å². The lowest BCUT2D eigenvalue weighted by atomic mass is 10.3. The number of aromatic amines is 1. The van der Waals surface area contributed by atoms with Gasteiger partial charge in [-0.3, -0.25) is 9.89 Å². The molecule has 0 bridgehead atoms. The predicted molar refractivity (Wildman–Crippen MR) is 45.4 cm³/mol. The normalized spacial score (nSPS) is 12.7. The third kappa shape index (κ3) is 3.90. The zero-order valence-electron chi connectivity index (χ0n) is 6.67. The molecule has 0 radical (unpaired) electrons. The van der Waals surface area contributed by atoms with Crippen molar-refractivity contribution in [3.63, 3.8) is 0 Å². The molecule has 0 fully saturated rings. The van der Waals surface area contributed by atoms with Crippen LogP contribution in [0.5, 0.6) is 0 Å². The second kappa shape index (κ2) is 4.83. The van der Waals surface area contributed by atoms with Crippen molar-refractivity contribution in [3.05, 3.63) is 6.33 Å². The van der Waals surface area contributed by atoms with E-state index in [9.17, 15) is 4.79 Å². The van der Waals surface area contributed by atoms with Crippen molar-refractivity contribution >= 4 is 17.7 Å². The number of H-pyrrole nitrogens is 1. The number of hydrogen-bond donors (Lipinski definition) is 3. The molecular weight excluding hydrogens is 194 g/mol. The van der Waals surface area contributed by atoms with Crippen LogP contribution in [0.25, 0.3) is 0 Å². The zero-order valence-corrected chi connectivity index (χ0v) is 7.49. The predicted octanol–water partition coefficient (Wildman–Crippen LogP) is -0.268. The number of aliphatic hydroxyl groups is 1. The second-order valence-corrected chi connectivity index (χ2v) is 3.36. The van der Waals surface area contributed by atoms with Gasteiger partial charge < -0.3 is 10.2 Å². The number of aliphatic carboxylic acids is 1. The maximum atomic E-state index is 10.2. The first kappa shape index (κ1) is 10.0. The Kier molecular flexibility index (Phi) is 3.71. The summed E-state index contributed by atoms with van der Waals surface area (Å²) in [6.45, 7) is 0. The molecule has 1 unspecified atom stereocenters. The van der Waals surface area contributed by atoms with Gasteiger partial charge in [0.2, 0.25) is 0 Å². The lowest BCUT2D eigenvalue weighted by Crippen LogP contribution is -2.15. The smallest absolute Gasteiger partial charge is 0.306 e. The van der Waals surface area contributed by atoms with Gasteiger partial charge in [-0.05, 0) is 0 Å². The molecule has 0 aliphatic rings. The number of rotatable bonds is 5. The molecule has 0 aliphatic carbocycles. The minimum atomic E-state index is -1.01. The molecule has 1 rings (SSSR count). The Morgan fingerprint density at radius 2 is 2.54 bits per heavy atom. The molecule has 0 aliphatic heterocycles. The number of aromatic nitrogens is 3. The van der Waals surface area contributed by atoms with Crippen molar-refractivity contribution in [2.24, 2.45) is 0 Å². The Balaban J connectivity index is 2.22. The van der Waals surface area contributed by atoms with Gasteiger partial charge in [-0.25, -0.2) is 4.98 Å². The average Bonchev–Trinajstić information content (AvgIpc) is 2.51. The van der Waals surface area contributed by atoms with Crippen molar-refractivity contribution in [2.45, 2.75) is 17.7 Å². The van der Waals surface area contributed by atoms with E-state index in [1.165, 1.54) is 18.1 Å². The third-order valence-electron chi connectivity index (χ3n) is 1.22. The summed E-state index contributed by atoms with van der Waals surface area (Å²) in [6, 6.07) is 0. The monoisotopic (exact) mass is 203 g/mol. The molecular formula is C6H9N3O3S. The van der Waals surface area contributed by atoms with Gasteiger partial charge in [-0.1, -0.05) is 11.8 Å². The molecule has 1 atom stereocenters. The van der Waals surface area contributed by atoms with Gasteiger partial charge in [0.15, 0.2) is 5.16 Å². The Morgan fingerprint density at radius 3 is 3.08 bits per heavy atom. The fraction of sp³-hybridized carbons (Fsp3) is 0.500. The van der Waals surface area contributed by atoms with E-state index in [-0.39, 0.29) is 6.42 Å². The van der Waals surface area contributed by atoms with Gasteiger partial charge in [0.1, 0.15) is 6.33 Å². The molecule has 7 heteroatoms. The van der Waals surface area contributed by atoms with Gasteiger partial charge in [0.05, 0.1) is 12.5 Å². The van der Waals surface area contributed by atoms with Crippen LogP contribution in [0.3, 0.4) is 0 Å². The summed E-state index contributed by atoms with van der Waals surface area (Å²) in [7, 11) is 0. The molecule has 72 valence electrons. The Labute approximate surface area is 78.4 Å². The molecule has 13 heavy (non-hydrogen) atoms. The molecule has 0 saturated carbocycles. The van der Waals surface area contributed by atoms with Crippen molar-refractivity contribution in [1.82, 2.24) is 15.2 Å². The highest BCUT2D eigenvalue weighted by Gasteiger charge is 2.10. The highest BCUT2D eigenvalue weighted by Crippen LogP contribution is 2.13. The van der Waals surface area contributed by atoms with E-state index >= 15 is 0 Å². The van der Waals surface area contributed by atoms with E-state index in [0.29, 0.717) is 10.9 Å². The van der Waals surface area contributed by atoms with E-state index in [1.807, 2.05) is 0 Å². The van der Waals surface area contributed by atoms with Crippen LogP contribution < -0.4 is 0 Å². The first-order chi connectivity index (χ1) is 6.18. The second-order valence-electron chi connectivity index (χ2n) is 2.35. The minimum absolute atomic E-state index is 0.249. The molecule has 0 aromatic carbocycles. The summed E-state index contributed by atoms with van der Waals surface area (Å²) in [5, 5.41) is 24.3. The van der Waals surface area contributed by atoms with Gasteiger partial charge in [0.25, 0.3) is 0 Å². The van der Waals surface area contributed by atoms with Crippen molar-refractivity contribution in [1.29, 1.82) is 0 Å². The van der Waals surface area contributed by atoms with E-state index in [2.05, 4.69) is 15.2 Å². The summed E-state index contributed by atoms with van der Waals surface area (Å²) < 4.78 is 0. The largest absolute Gasteiger partial charge is 0.481 e. The SMILES string of the molecule is O=C(O)CC(O)CSc1ncn[nH]1.